The first-order valence-corrected chi connectivity index (χ1v) is 13.4. The Morgan fingerprint density at radius 3 is 2.53 bits per heavy atom. The monoisotopic (exact) mass is 508 g/mol. The molecule has 188 valence electrons. The van der Waals surface area contributed by atoms with Gasteiger partial charge >= 0.3 is 0 Å². The lowest BCUT2D eigenvalue weighted by Gasteiger charge is -2.22. The molecule has 0 radical (unpaired) electrons. The Bertz CT molecular complexity index is 1580. The van der Waals surface area contributed by atoms with Crippen LogP contribution in [0.4, 0.5) is 22.9 Å². The third-order valence-corrected chi connectivity index (χ3v) is 7.48. The van der Waals surface area contributed by atoms with Crippen molar-refractivity contribution in [2.24, 2.45) is 13.0 Å². The van der Waals surface area contributed by atoms with Crippen LogP contribution in [0.1, 0.15) is 24.4 Å². The summed E-state index contributed by atoms with van der Waals surface area (Å²) in [5, 5.41) is 10.7. The van der Waals surface area contributed by atoms with Gasteiger partial charge in [-0.3, -0.25) is 13.8 Å². The Morgan fingerprint density at radius 1 is 1.14 bits per heavy atom. The Balaban J connectivity index is 1.59. The summed E-state index contributed by atoms with van der Waals surface area (Å²) in [6, 6.07) is 9.14. The van der Waals surface area contributed by atoms with Gasteiger partial charge in [0.15, 0.2) is 5.65 Å². The number of carbonyl (C=O) groups is 1. The second-order valence-electron chi connectivity index (χ2n) is 9.22. The van der Waals surface area contributed by atoms with Gasteiger partial charge in [-0.15, -0.1) is 0 Å². The number of carbonyl (C=O) groups excluding carboxylic acids is 1. The maximum Gasteiger partial charge on any atom is 0.232 e. The molecule has 0 bridgehead atoms. The highest BCUT2D eigenvalue weighted by atomic mass is 32.2. The Kier molecular flexibility index (Phi) is 5.70. The van der Waals surface area contributed by atoms with Crippen LogP contribution in [-0.4, -0.2) is 52.4 Å². The van der Waals surface area contributed by atoms with Crippen LogP contribution in [-0.2, 0) is 21.9 Å². The smallest absolute Gasteiger partial charge is 0.232 e. The lowest BCUT2D eigenvalue weighted by Crippen LogP contribution is -2.25. The highest BCUT2D eigenvalue weighted by molar-refractivity contribution is 7.92. The molecule has 0 unspecified atom stereocenters. The standard InChI is InChI=1S/C24H28N8O3S/c1-13-10-18(30-31(13)3)16-8-9-17(20(11-16)32(4)36(5,34)35)27-19-12-21(29-24(33)15-6-7-15)28-23-22(19)25-14(2)26-23/h8-12,15H,6-7H2,1-5H3,(H3,25,26,27,28,29,33). The minimum atomic E-state index is -3.56. The van der Waals surface area contributed by atoms with Gasteiger partial charge in [-0.05, 0) is 44.9 Å². The Morgan fingerprint density at radius 2 is 1.89 bits per heavy atom. The molecular weight excluding hydrogens is 480 g/mol. The lowest BCUT2D eigenvalue weighted by atomic mass is 10.1. The van der Waals surface area contributed by atoms with Crippen molar-refractivity contribution in [3.63, 3.8) is 0 Å². The van der Waals surface area contributed by atoms with E-state index in [0.717, 1.165) is 36.0 Å². The number of imidazole rings is 1. The van der Waals surface area contributed by atoms with E-state index in [1.165, 1.54) is 11.4 Å². The summed E-state index contributed by atoms with van der Waals surface area (Å²) in [4.78, 5) is 24.5. The van der Waals surface area contributed by atoms with Crippen molar-refractivity contribution < 1.29 is 13.2 Å². The van der Waals surface area contributed by atoms with Gasteiger partial charge < -0.3 is 15.6 Å². The molecule has 5 rings (SSSR count). The minimum Gasteiger partial charge on any atom is -0.352 e. The number of benzene rings is 1. The first-order chi connectivity index (χ1) is 17.0. The molecule has 1 saturated carbocycles. The van der Waals surface area contributed by atoms with Crippen LogP contribution in [0.25, 0.3) is 22.4 Å². The highest BCUT2D eigenvalue weighted by Gasteiger charge is 2.30. The van der Waals surface area contributed by atoms with E-state index in [1.54, 1.807) is 16.8 Å². The van der Waals surface area contributed by atoms with Gasteiger partial charge in [0, 0.05) is 37.3 Å². The molecule has 1 aliphatic carbocycles. The van der Waals surface area contributed by atoms with Crippen LogP contribution in [0.5, 0.6) is 0 Å². The van der Waals surface area contributed by atoms with Gasteiger partial charge in [-0.25, -0.2) is 18.4 Å². The number of aromatic amines is 1. The van der Waals surface area contributed by atoms with Crippen molar-refractivity contribution >= 4 is 50.0 Å². The van der Waals surface area contributed by atoms with E-state index in [1.807, 2.05) is 39.1 Å². The van der Waals surface area contributed by atoms with Gasteiger partial charge in [-0.2, -0.15) is 5.10 Å². The minimum absolute atomic E-state index is 0.0280. The fraction of sp³-hybridized carbons (Fsp3) is 0.333. The average Bonchev–Trinajstić information content (AvgIpc) is 3.51. The predicted molar refractivity (Wildman–Crippen MR) is 140 cm³/mol. The van der Waals surface area contributed by atoms with Crippen molar-refractivity contribution in [3.8, 4) is 11.3 Å². The van der Waals surface area contributed by atoms with Crippen LogP contribution >= 0.6 is 0 Å². The zero-order valence-electron chi connectivity index (χ0n) is 20.7. The zero-order chi connectivity index (χ0) is 25.8. The van der Waals surface area contributed by atoms with E-state index in [9.17, 15) is 13.2 Å². The van der Waals surface area contributed by atoms with Crippen molar-refractivity contribution in [1.82, 2.24) is 24.7 Å². The second-order valence-corrected chi connectivity index (χ2v) is 11.2. The highest BCUT2D eigenvalue weighted by Crippen LogP contribution is 2.36. The third kappa shape index (κ3) is 4.63. The predicted octanol–water partition coefficient (Wildman–Crippen LogP) is 3.46. The molecule has 4 aromatic rings. The van der Waals surface area contributed by atoms with Crippen molar-refractivity contribution in [2.45, 2.75) is 26.7 Å². The number of aromatic nitrogens is 5. The molecule has 1 fully saturated rings. The Labute approximate surface area is 209 Å². The van der Waals surface area contributed by atoms with E-state index in [-0.39, 0.29) is 11.8 Å². The second kappa shape index (κ2) is 8.63. The average molecular weight is 509 g/mol. The van der Waals surface area contributed by atoms with Crippen LogP contribution in [0, 0.1) is 19.8 Å². The fourth-order valence-corrected chi connectivity index (χ4v) is 4.43. The SMILES string of the molecule is Cc1nc2c(Nc3ccc(-c4cc(C)n(C)n4)cc3N(C)S(C)(=O)=O)cc(NC(=O)C3CC3)nc2[nH]1. The van der Waals surface area contributed by atoms with Gasteiger partial charge in [0.05, 0.1) is 29.0 Å². The fourth-order valence-electron chi connectivity index (χ4n) is 3.92. The molecule has 0 aliphatic heterocycles. The molecule has 36 heavy (non-hydrogen) atoms. The molecule has 0 spiro atoms. The number of anilines is 4. The number of nitrogens with zero attached hydrogens (tertiary/aromatic N) is 5. The van der Waals surface area contributed by atoms with Crippen LogP contribution in [0.2, 0.25) is 0 Å². The van der Waals surface area contributed by atoms with Gasteiger partial charge in [0.2, 0.25) is 15.9 Å². The maximum atomic E-state index is 12.5. The number of sulfonamides is 1. The third-order valence-electron chi connectivity index (χ3n) is 6.28. The van der Waals surface area contributed by atoms with Crippen molar-refractivity contribution in [2.75, 3.05) is 28.2 Å². The molecule has 3 aromatic heterocycles. The van der Waals surface area contributed by atoms with E-state index in [4.69, 9.17) is 0 Å². The first kappa shape index (κ1) is 23.8. The molecule has 0 atom stereocenters. The first-order valence-electron chi connectivity index (χ1n) is 11.5. The van der Waals surface area contributed by atoms with Crippen molar-refractivity contribution in [1.29, 1.82) is 0 Å². The summed E-state index contributed by atoms with van der Waals surface area (Å²) >= 11 is 0. The molecule has 11 nitrogen and oxygen atoms in total. The molecule has 0 saturated heterocycles. The number of nitrogens with one attached hydrogen (secondary N) is 3. The molecular formula is C24H28N8O3S. The van der Waals surface area contributed by atoms with E-state index in [2.05, 4.69) is 30.7 Å². The number of amides is 1. The number of pyridine rings is 1. The van der Waals surface area contributed by atoms with E-state index >= 15 is 0 Å². The molecule has 12 heteroatoms. The van der Waals surface area contributed by atoms with Crippen molar-refractivity contribution in [3.05, 3.63) is 41.9 Å². The molecule has 3 heterocycles. The zero-order valence-corrected chi connectivity index (χ0v) is 21.6. The molecule has 1 aromatic carbocycles. The Hall–Kier alpha value is -3.93. The quantitative estimate of drug-likeness (QED) is 0.347. The van der Waals surface area contributed by atoms with Gasteiger partial charge in [0.25, 0.3) is 0 Å². The van der Waals surface area contributed by atoms with Crippen LogP contribution < -0.4 is 14.9 Å². The molecule has 1 amide bonds. The number of aryl methyl sites for hydroxylation is 3. The maximum absolute atomic E-state index is 12.5. The van der Waals surface area contributed by atoms with E-state index in [0.29, 0.717) is 39.9 Å². The number of H-pyrrole nitrogens is 1. The summed E-state index contributed by atoms with van der Waals surface area (Å²) in [5.74, 6) is 1.03. The van der Waals surface area contributed by atoms with Crippen LogP contribution in [0.15, 0.2) is 30.3 Å². The summed E-state index contributed by atoms with van der Waals surface area (Å²) < 4.78 is 28.0. The largest absolute Gasteiger partial charge is 0.352 e. The summed E-state index contributed by atoms with van der Waals surface area (Å²) in [7, 11) is -0.196. The molecule has 1 aliphatic rings. The number of fused-ring (bicyclic) bond motifs is 1. The topological polar surface area (TPSA) is 138 Å². The normalized spacial score (nSPS) is 13.7. The van der Waals surface area contributed by atoms with Crippen LogP contribution in [0.3, 0.4) is 0 Å². The van der Waals surface area contributed by atoms with Gasteiger partial charge in [0.1, 0.15) is 17.2 Å². The summed E-state index contributed by atoms with van der Waals surface area (Å²) in [6.45, 7) is 3.77. The number of hydrogen-bond donors (Lipinski definition) is 3. The summed E-state index contributed by atoms with van der Waals surface area (Å²) in [6.07, 6.45) is 2.92. The van der Waals surface area contributed by atoms with Gasteiger partial charge in [-0.1, -0.05) is 6.07 Å². The summed E-state index contributed by atoms with van der Waals surface area (Å²) in [5.41, 5.74) is 5.17. The van der Waals surface area contributed by atoms with E-state index < -0.39 is 10.0 Å². The molecule has 3 N–H and O–H groups in total. The number of hydrogen-bond acceptors (Lipinski definition) is 7. The lowest BCUT2D eigenvalue weighted by molar-refractivity contribution is -0.117. The number of rotatable bonds is 7.